The standard InChI is InChI=1S/C24H30N4O2S2/c1-18-7-2-3-8-20(18)17-31-13-6-11-25-24(29)19-9-4-12-28(15-19)16-22-26-23(27-30-22)21-10-5-14-32-21/h2-3,5,7-8,10,14,19H,4,6,9,11-13,15-17H2,1H3,(H,25,29). The van der Waals surface area contributed by atoms with E-state index in [1.54, 1.807) is 11.3 Å². The Balaban J connectivity index is 1.15. The lowest BCUT2D eigenvalue weighted by molar-refractivity contribution is -0.126. The number of likely N-dealkylation sites (tertiary alicyclic amines) is 1. The van der Waals surface area contributed by atoms with Crippen LogP contribution in [-0.2, 0) is 17.1 Å². The molecule has 32 heavy (non-hydrogen) atoms. The summed E-state index contributed by atoms with van der Waals surface area (Å²) in [4.78, 5) is 20.4. The van der Waals surface area contributed by atoms with Gasteiger partial charge in [-0.25, -0.2) is 0 Å². The van der Waals surface area contributed by atoms with Crippen LogP contribution in [0.1, 0.15) is 36.3 Å². The molecule has 2 aromatic heterocycles. The molecule has 1 N–H and O–H groups in total. The average Bonchev–Trinajstić information content (AvgIpc) is 3.49. The van der Waals surface area contributed by atoms with E-state index in [4.69, 9.17) is 4.52 Å². The molecule has 0 spiro atoms. The molecule has 170 valence electrons. The SMILES string of the molecule is Cc1ccccc1CSCCCNC(=O)C1CCCN(Cc2nc(-c3cccs3)no2)C1. The van der Waals surface area contributed by atoms with Crippen molar-refractivity contribution in [3.8, 4) is 10.7 Å². The summed E-state index contributed by atoms with van der Waals surface area (Å²) in [5, 5.41) is 9.23. The van der Waals surface area contributed by atoms with Crippen molar-refractivity contribution in [2.45, 2.75) is 38.5 Å². The predicted octanol–water partition coefficient (Wildman–Crippen LogP) is 4.76. The molecule has 1 amide bonds. The Bertz CT molecular complexity index is 990. The van der Waals surface area contributed by atoms with E-state index in [9.17, 15) is 4.79 Å². The maximum atomic E-state index is 12.7. The maximum Gasteiger partial charge on any atom is 0.241 e. The topological polar surface area (TPSA) is 71.3 Å². The lowest BCUT2D eigenvalue weighted by atomic mass is 9.97. The first-order valence-corrected chi connectivity index (χ1v) is 13.2. The minimum atomic E-state index is 0.0306. The highest BCUT2D eigenvalue weighted by molar-refractivity contribution is 7.98. The van der Waals surface area contributed by atoms with E-state index < -0.39 is 0 Å². The second-order valence-corrected chi connectivity index (χ2v) is 10.2. The van der Waals surface area contributed by atoms with Crippen molar-refractivity contribution < 1.29 is 9.32 Å². The lowest BCUT2D eigenvalue weighted by Gasteiger charge is -2.30. The highest BCUT2D eigenvalue weighted by Gasteiger charge is 2.26. The Hall–Kier alpha value is -2.16. The van der Waals surface area contributed by atoms with Gasteiger partial charge in [0.1, 0.15) is 0 Å². The number of carbonyl (C=O) groups is 1. The number of benzene rings is 1. The van der Waals surface area contributed by atoms with Crippen molar-refractivity contribution >= 4 is 29.0 Å². The molecule has 1 aliphatic rings. The lowest BCUT2D eigenvalue weighted by Crippen LogP contribution is -2.43. The summed E-state index contributed by atoms with van der Waals surface area (Å²) in [7, 11) is 0. The van der Waals surface area contributed by atoms with Crippen LogP contribution in [0.3, 0.4) is 0 Å². The number of nitrogens with one attached hydrogen (secondary N) is 1. The van der Waals surface area contributed by atoms with Gasteiger partial charge in [0.25, 0.3) is 0 Å². The van der Waals surface area contributed by atoms with Gasteiger partial charge in [-0.2, -0.15) is 16.7 Å². The molecule has 0 aliphatic carbocycles. The fourth-order valence-electron chi connectivity index (χ4n) is 3.91. The quantitative estimate of drug-likeness (QED) is 0.431. The van der Waals surface area contributed by atoms with E-state index in [1.807, 2.05) is 29.3 Å². The normalized spacial score (nSPS) is 16.8. The van der Waals surface area contributed by atoms with Gasteiger partial charge in [-0.05, 0) is 61.1 Å². The summed E-state index contributed by atoms with van der Waals surface area (Å²) in [6.07, 6.45) is 2.94. The smallest absolute Gasteiger partial charge is 0.241 e. The largest absolute Gasteiger partial charge is 0.356 e. The van der Waals surface area contributed by atoms with Crippen LogP contribution < -0.4 is 5.32 Å². The minimum Gasteiger partial charge on any atom is -0.356 e. The van der Waals surface area contributed by atoms with E-state index >= 15 is 0 Å². The van der Waals surface area contributed by atoms with Gasteiger partial charge >= 0.3 is 0 Å². The molecule has 4 rings (SSSR count). The van der Waals surface area contributed by atoms with E-state index in [0.717, 1.165) is 55.3 Å². The first-order valence-electron chi connectivity index (χ1n) is 11.2. The van der Waals surface area contributed by atoms with Crippen LogP contribution in [0, 0.1) is 12.8 Å². The van der Waals surface area contributed by atoms with Crippen LogP contribution >= 0.6 is 23.1 Å². The van der Waals surface area contributed by atoms with Crippen molar-refractivity contribution in [1.82, 2.24) is 20.4 Å². The zero-order valence-electron chi connectivity index (χ0n) is 18.5. The summed E-state index contributed by atoms with van der Waals surface area (Å²) in [5.74, 6) is 3.53. The van der Waals surface area contributed by atoms with Crippen LogP contribution in [0.5, 0.6) is 0 Å². The van der Waals surface area contributed by atoms with Crippen LogP contribution in [0.15, 0.2) is 46.3 Å². The minimum absolute atomic E-state index is 0.0306. The fourth-order valence-corrected chi connectivity index (χ4v) is 5.60. The molecule has 0 bridgehead atoms. The van der Waals surface area contributed by atoms with Gasteiger partial charge in [0, 0.05) is 18.8 Å². The van der Waals surface area contributed by atoms with Gasteiger partial charge in [0.2, 0.25) is 17.6 Å². The molecule has 3 aromatic rings. The monoisotopic (exact) mass is 470 g/mol. The summed E-state index contributed by atoms with van der Waals surface area (Å²) in [6, 6.07) is 12.5. The van der Waals surface area contributed by atoms with Crippen LogP contribution in [0.25, 0.3) is 10.7 Å². The summed E-state index contributed by atoms with van der Waals surface area (Å²) in [5.41, 5.74) is 2.74. The highest BCUT2D eigenvalue weighted by Crippen LogP contribution is 2.23. The molecule has 6 nitrogen and oxygen atoms in total. The van der Waals surface area contributed by atoms with Crippen LogP contribution in [-0.4, -0.2) is 46.3 Å². The molecule has 1 aromatic carbocycles. The van der Waals surface area contributed by atoms with Crippen molar-refractivity contribution in [2.24, 2.45) is 5.92 Å². The maximum absolute atomic E-state index is 12.7. The third-order valence-electron chi connectivity index (χ3n) is 5.73. The van der Waals surface area contributed by atoms with Crippen LogP contribution in [0.2, 0.25) is 0 Å². The van der Waals surface area contributed by atoms with Crippen molar-refractivity contribution in [3.63, 3.8) is 0 Å². The first kappa shape index (κ1) is 23.0. The summed E-state index contributed by atoms with van der Waals surface area (Å²) < 4.78 is 5.43. The van der Waals surface area contributed by atoms with Crippen molar-refractivity contribution in [1.29, 1.82) is 0 Å². The molecule has 0 radical (unpaired) electrons. The summed E-state index contributed by atoms with van der Waals surface area (Å²) in [6.45, 7) is 5.19. The van der Waals surface area contributed by atoms with Gasteiger partial charge in [0.15, 0.2) is 0 Å². The Morgan fingerprint density at radius 2 is 2.22 bits per heavy atom. The molecule has 3 heterocycles. The Labute approximate surface area is 197 Å². The number of aryl methyl sites for hydroxylation is 1. The predicted molar refractivity (Wildman–Crippen MR) is 131 cm³/mol. The van der Waals surface area contributed by atoms with E-state index in [2.05, 4.69) is 51.5 Å². The number of hydrogen-bond donors (Lipinski definition) is 1. The third kappa shape index (κ3) is 6.43. The molecular weight excluding hydrogens is 440 g/mol. The number of aromatic nitrogens is 2. The Kier molecular flexibility index (Phi) is 8.36. The number of hydrogen-bond acceptors (Lipinski definition) is 7. The second-order valence-electron chi connectivity index (χ2n) is 8.19. The molecule has 1 unspecified atom stereocenters. The van der Waals surface area contributed by atoms with Crippen molar-refractivity contribution in [2.75, 3.05) is 25.4 Å². The van der Waals surface area contributed by atoms with Gasteiger partial charge in [-0.1, -0.05) is 35.5 Å². The van der Waals surface area contributed by atoms with Gasteiger partial charge in [-0.3, -0.25) is 9.69 Å². The van der Waals surface area contributed by atoms with Crippen molar-refractivity contribution in [3.05, 3.63) is 58.8 Å². The van der Waals surface area contributed by atoms with Crippen LogP contribution in [0.4, 0.5) is 0 Å². The molecular formula is C24H30N4O2S2. The molecule has 1 saturated heterocycles. The average molecular weight is 471 g/mol. The first-order chi connectivity index (χ1) is 15.7. The van der Waals surface area contributed by atoms with Gasteiger partial charge in [-0.15, -0.1) is 11.3 Å². The van der Waals surface area contributed by atoms with Gasteiger partial charge < -0.3 is 9.84 Å². The number of amides is 1. The number of piperidine rings is 1. The number of rotatable bonds is 10. The molecule has 8 heteroatoms. The molecule has 1 atom stereocenters. The number of nitrogens with zero attached hydrogens (tertiary/aromatic N) is 3. The molecule has 1 aliphatic heterocycles. The summed E-state index contributed by atoms with van der Waals surface area (Å²) >= 11 is 3.53. The second kappa shape index (κ2) is 11.6. The molecule has 1 fully saturated rings. The van der Waals surface area contributed by atoms with E-state index in [1.165, 1.54) is 11.1 Å². The third-order valence-corrected chi connectivity index (χ3v) is 7.69. The van der Waals surface area contributed by atoms with E-state index in [0.29, 0.717) is 18.3 Å². The zero-order valence-corrected chi connectivity index (χ0v) is 20.1. The van der Waals surface area contributed by atoms with E-state index in [-0.39, 0.29) is 11.8 Å². The van der Waals surface area contributed by atoms with Gasteiger partial charge in [0.05, 0.1) is 17.3 Å². The Morgan fingerprint density at radius 1 is 1.31 bits per heavy atom. The zero-order chi connectivity index (χ0) is 22.2. The number of carbonyl (C=O) groups excluding carboxylic acids is 1. The molecule has 0 saturated carbocycles. The number of thiophene rings is 1. The fraction of sp³-hybridized carbons (Fsp3) is 0.458. The Morgan fingerprint density at radius 3 is 3.06 bits per heavy atom. The number of thioether (sulfide) groups is 1. The highest BCUT2D eigenvalue weighted by atomic mass is 32.2.